The van der Waals surface area contributed by atoms with Gasteiger partial charge in [0.2, 0.25) is 0 Å². The van der Waals surface area contributed by atoms with Gasteiger partial charge in [0.15, 0.2) is 0 Å². The maximum absolute atomic E-state index is 2.33. The molecule has 0 radical (unpaired) electrons. The second-order valence-electron chi connectivity index (χ2n) is 13.8. The summed E-state index contributed by atoms with van der Waals surface area (Å²) in [5.41, 5.74) is 16.2. The quantitative estimate of drug-likeness (QED) is 0.139. The third kappa shape index (κ3) is 7.37. The topological polar surface area (TPSA) is 6.48 Å². The molecule has 0 unspecified atom stereocenters. The van der Waals surface area contributed by atoms with Crippen molar-refractivity contribution in [3.63, 3.8) is 0 Å². The molecule has 56 heavy (non-hydrogen) atoms. The van der Waals surface area contributed by atoms with Gasteiger partial charge >= 0.3 is 0 Å². The van der Waals surface area contributed by atoms with Gasteiger partial charge < -0.3 is 9.80 Å². The fraction of sp³-hybridized carbons (Fsp3) is 0. The van der Waals surface area contributed by atoms with E-state index in [1.165, 1.54) is 33.4 Å². The van der Waals surface area contributed by atoms with E-state index in [1.807, 2.05) is 0 Å². The maximum atomic E-state index is 2.33. The van der Waals surface area contributed by atoms with E-state index in [4.69, 9.17) is 0 Å². The van der Waals surface area contributed by atoms with Crippen LogP contribution in [-0.4, -0.2) is 0 Å². The molecule has 0 aromatic heterocycles. The molecule has 0 aliphatic heterocycles. The van der Waals surface area contributed by atoms with Gasteiger partial charge in [0.1, 0.15) is 0 Å². The Morgan fingerprint density at radius 1 is 0.161 bits per heavy atom. The minimum atomic E-state index is 1.10. The van der Waals surface area contributed by atoms with Crippen molar-refractivity contribution in [3.8, 4) is 44.5 Å². The van der Waals surface area contributed by atoms with Crippen LogP contribution in [0.5, 0.6) is 0 Å². The lowest BCUT2D eigenvalue weighted by Gasteiger charge is -2.27. The summed E-state index contributed by atoms with van der Waals surface area (Å²) in [4.78, 5) is 4.65. The van der Waals surface area contributed by atoms with Gasteiger partial charge in [-0.15, -0.1) is 0 Å². The van der Waals surface area contributed by atoms with E-state index in [2.05, 4.69) is 252 Å². The number of benzene rings is 9. The average molecular weight is 717 g/mol. The zero-order valence-electron chi connectivity index (χ0n) is 31.0. The molecule has 0 heterocycles. The summed E-state index contributed by atoms with van der Waals surface area (Å²) < 4.78 is 0. The first kappa shape index (κ1) is 34.4. The Bertz CT molecular complexity index is 2540. The Kier molecular flexibility index (Phi) is 9.75. The van der Waals surface area contributed by atoms with Crippen LogP contribution in [-0.2, 0) is 0 Å². The third-order valence-electron chi connectivity index (χ3n) is 10.3. The SMILES string of the molecule is c1ccc(-c2ccc(N(c3ccc(-c4ccccc4)cc3)c3ccc(-c4ccc(N(c5ccccc5)c5cccc(-c6ccccc6)c5)cc4)cc3)cc2)cc1. The van der Waals surface area contributed by atoms with Gasteiger partial charge in [-0.2, -0.15) is 0 Å². The minimum Gasteiger partial charge on any atom is -0.311 e. The average Bonchev–Trinajstić information content (AvgIpc) is 3.29. The van der Waals surface area contributed by atoms with E-state index in [0.717, 1.165) is 45.3 Å². The Labute approximate surface area is 329 Å². The molecule has 0 aliphatic carbocycles. The summed E-state index contributed by atoms with van der Waals surface area (Å²) in [6.07, 6.45) is 0. The van der Waals surface area contributed by atoms with Gasteiger partial charge in [-0.3, -0.25) is 0 Å². The molecule has 9 rings (SSSR count). The zero-order chi connectivity index (χ0) is 37.5. The number of para-hydroxylation sites is 1. The Morgan fingerprint density at radius 3 is 0.750 bits per heavy atom. The molecule has 2 heteroatoms. The Balaban J connectivity index is 1.03. The highest BCUT2D eigenvalue weighted by molar-refractivity contribution is 5.83. The molecule has 0 N–H and O–H groups in total. The molecule has 9 aromatic carbocycles. The van der Waals surface area contributed by atoms with Crippen molar-refractivity contribution in [1.29, 1.82) is 0 Å². The van der Waals surface area contributed by atoms with Crippen LogP contribution in [0.3, 0.4) is 0 Å². The van der Waals surface area contributed by atoms with Crippen molar-refractivity contribution in [2.24, 2.45) is 0 Å². The fourth-order valence-corrected chi connectivity index (χ4v) is 7.40. The normalized spacial score (nSPS) is 10.9. The van der Waals surface area contributed by atoms with Crippen LogP contribution in [0.15, 0.2) is 243 Å². The van der Waals surface area contributed by atoms with Gasteiger partial charge in [-0.05, 0) is 117 Å². The predicted octanol–water partition coefficient (Wildman–Crippen LogP) is 15.3. The van der Waals surface area contributed by atoms with Gasteiger partial charge in [-0.25, -0.2) is 0 Å². The monoisotopic (exact) mass is 716 g/mol. The van der Waals surface area contributed by atoms with Gasteiger partial charge in [-0.1, -0.05) is 170 Å². The highest BCUT2D eigenvalue weighted by Crippen LogP contribution is 2.40. The minimum absolute atomic E-state index is 1.10. The van der Waals surface area contributed by atoms with E-state index in [1.54, 1.807) is 0 Å². The first-order valence-electron chi connectivity index (χ1n) is 19.1. The predicted molar refractivity (Wildman–Crippen MR) is 238 cm³/mol. The van der Waals surface area contributed by atoms with Gasteiger partial charge in [0, 0.05) is 34.1 Å². The standard InChI is InChI=1S/C54H40N2/c1-5-14-41(15-6-1)44-24-32-50(33-25-44)55(51-34-26-45(27-35-51)42-16-7-2-8-17-42)52-36-28-46(29-37-52)47-30-38-53(39-31-47)56(49-21-11-4-12-22-49)54-23-13-20-48(40-54)43-18-9-3-10-19-43/h1-40H. The number of hydrogen-bond donors (Lipinski definition) is 0. The van der Waals surface area contributed by atoms with E-state index >= 15 is 0 Å². The number of anilines is 6. The summed E-state index contributed by atoms with van der Waals surface area (Å²) in [6.45, 7) is 0. The highest BCUT2D eigenvalue weighted by Gasteiger charge is 2.16. The van der Waals surface area contributed by atoms with Crippen LogP contribution in [0.2, 0.25) is 0 Å². The van der Waals surface area contributed by atoms with Gasteiger partial charge in [0.05, 0.1) is 0 Å². The lowest BCUT2D eigenvalue weighted by Crippen LogP contribution is -2.10. The van der Waals surface area contributed by atoms with Crippen molar-refractivity contribution in [2.45, 2.75) is 0 Å². The van der Waals surface area contributed by atoms with Crippen molar-refractivity contribution >= 4 is 34.1 Å². The molecular weight excluding hydrogens is 677 g/mol. The summed E-state index contributed by atoms with van der Waals surface area (Å²) >= 11 is 0. The van der Waals surface area contributed by atoms with Crippen LogP contribution in [0, 0.1) is 0 Å². The van der Waals surface area contributed by atoms with Crippen LogP contribution in [0.1, 0.15) is 0 Å². The van der Waals surface area contributed by atoms with Crippen molar-refractivity contribution in [3.05, 3.63) is 243 Å². The van der Waals surface area contributed by atoms with Crippen LogP contribution in [0.25, 0.3) is 44.5 Å². The molecule has 9 aromatic rings. The Hall–Kier alpha value is -7.42. The molecule has 266 valence electrons. The molecule has 0 aliphatic rings. The zero-order valence-corrected chi connectivity index (χ0v) is 31.0. The van der Waals surface area contributed by atoms with E-state index < -0.39 is 0 Å². The number of rotatable bonds is 10. The summed E-state index contributed by atoms with van der Waals surface area (Å²) in [7, 11) is 0. The number of nitrogens with zero attached hydrogens (tertiary/aromatic N) is 2. The summed E-state index contributed by atoms with van der Waals surface area (Å²) in [5.74, 6) is 0. The molecule has 0 saturated heterocycles. The van der Waals surface area contributed by atoms with Crippen LogP contribution in [0.4, 0.5) is 34.1 Å². The molecule has 0 bridgehead atoms. The van der Waals surface area contributed by atoms with Crippen LogP contribution >= 0.6 is 0 Å². The van der Waals surface area contributed by atoms with Crippen LogP contribution < -0.4 is 9.80 Å². The molecular formula is C54H40N2. The summed E-state index contributed by atoms with van der Waals surface area (Å²) in [5, 5.41) is 0. The van der Waals surface area contributed by atoms with E-state index in [9.17, 15) is 0 Å². The fourth-order valence-electron chi connectivity index (χ4n) is 7.40. The smallest absolute Gasteiger partial charge is 0.0467 e. The lowest BCUT2D eigenvalue weighted by molar-refractivity contribution is 1.28. The first-order valence-corrected chi connectivity index (χ1v) is 19.1. The lowest BCUT2D eigenvalue weighted by atomic mass is 10.0. The molecule has 2 nitrogen and oxygen atoms in total. The van der Waals surface area contributed by atoms with Gasteiger partial charge in [0.25, 0.3) is 0 Å². The molecule has 0 atom stereocenters. The van der Waals surface area contributed by atoms with E-state index in [0.29, 0.717) is 0 Å². The highest BCUT2D eigenvalue weighted by atomic mass is 15.1. The summed E-state index contributed by atoms with van der Waals surface area (Å²) in [6, 6.07) is 86.5. The Morgan fingerprint density at radius 2 is 0.393 bits per heavy atom. The largest absolute Gasteiger partial charge is 0.311 e. The molecule has 0 saturated carbocycles. The maximum Gasteiger partial charge on any atom is 0.0467 e. The molecule has 0 fully saturated rings. The molecule has 0 amide bonds. The second-order valence-corrected chi connectivity index (χ2v) is 13.8. The van der Waals surface area contributed by atoms with Crippen molar-refractivity contribution in [1.82, 2.24) is 0 Å². The van der Waals surface area contributed by atoms with E-state index in [-0.39, 0.29) is 0 Å². The number of hydrogen-bond acceptors (Lipinski definition) is 2. The third-order valence-corrected chi connectivity index (χ3v) is 10.3. The second kappa shape index (κ2) is 15.9. The van der Waals surface area contributed by atoms with Crippen molar-refractivity contribution < 1.29 is 0 Å². The first-order chi connectivity index (χ1) is 27.8. The molecule has 0 spiro atoms. The van der Waals surface area contributed by atoms with Crippen molar-refractivity contribution in [2.75, 3.05) is 9.80 Å².